The zero-order valence-corrected chi connectivity index (χ0v) is 11.6. The van der Waals surface area contributed by atoms with Crippen molar-refractivity contribution in [1.29, 1.82) is 0 Å². The molecule has 0 aromatic heterocycles. The highest BCUT2D eigenvalue weighted by Crippen LogP contribution is 2.57. The molecule has 17 heavy (non-hydrogen) atoms. The molecule has 2 aliphatic rings. The van der Waals surface area contributed by atoms with Crippen LogP contribution in [0.3, 0.4) is 0 Å². The van der Waals surface area contributed by atoms with Crippen LogP contribution in [0.25, 0.3) is 0 Å². The summed E-state index contributed by atoms with van der Waals surface area (Å²) in [5.74, 6) is 1.73. The van der Waals surface area contributed by atoms with Crippen molar-refractivity contribution in [3.05, 3.63) is 27.7 Å². The molecule has 2 fully saturated rings. The molecule has 1 aromatic rings. The summed E-state index contributed by atoms with van der Waals surface area (Å²) in [6.07, 6.45) is 3.75. The Bertz CT molecular complexity index is 466. The van der Waals surface area contributed by atoms with Crippen LogP contribution in [-0.2, 0) is 4.79 Å². The fraction of sp³-hybridized carbons (Fsp3) is 0.462. The van der Waals surface area contributed by atoms with Crippen LogP contribution in [0.5, 0.6) is 0 Å². The molecule has 1 aromatic carbocycles. The first kappa shape index (κ1) is 11.5. The maximum Gasteiger partial charge on any atom is 0.228 e. The van der Waals surface area contributed by atoms with Crippen molar-refractivity contribution in [3.63, 3.8) is 0 Å². The van der Waals surface area contributed by atoms with Gasteiger partial charge in [-0.25, -0.2) is 0 Å². The summed E-state index contributed by atoms with van der Waals surface area (Å²) in [7, 11) is 0. The highest BCUT2D eigenvalue weighted by Gasteiger charge is 2.56. The standard InChI is InChI=1S/C13H13BrClNO/c14-10-6-7(15)4-5-11(10)16-13(17)12-8-2-1-3-9(8)12/h4-6,8-9,12H,1-3H2,(H,16,17). The van der Waals surface area contributed by atoms with Crippen LogP contribution in [0.4, 0.5) is 5.69 Å². The van der Waals surface area contributed by atoms with E-state index in [9.17, 15) is 4.79 Å². The third-order valence-corrected chi connectivity index (χ3v) is 4.79. The summed E-state index contributed by atoms with van der Waals surface area (Å²) in [6.45, 7) is 0. The van der Waals surface area contributed by atoms with E-state index < -0.39 is 0 Å². The summed E-state index contributed by atoms with van der Waals surface area (Å²) >= 11 is 9.27. The first-order valence-corrected chi connectivity index (χ1v) is 7.10. The van der Waals surface area contributed by atoms with Gasteiger partial charge in [-0.15, -0.1) is 0 Å². The van der Waals surface area contributed by atoms with Crippen LogP contribution < -0.4 is 5.32 Å². The van der Waals surface area contributed by atoms with Crippen molar-refractivity contribution >= 4 is 39.1 Å². The smallest absolute Gasteiger partial charge is 0.228 e. The molecule has 4 heteroatoms. The second-order valence-electron chi connectivity index (χ2n) is 4.90. The van der Waals surface area contributed by atoms with Crippen molar-refractivity contribution in [1.82, 2.24) is 0 Å². The monoisotopic (exact) mass is 313 g/mol. The van der Waals surface area contributed by atoms with Crippen LogP contribution in [-0.4, -0.2) is 5.91 Å². The molecule has 2 unspecified atom stereocenters. The van der Waals surface area contributed by atoms with Crippen molar-refractivity contribution < 1.29 is 4.79 Å². The predicted molar refractivity (Wildman–Crippen MR) is 72.1 cm³/mol. The molecule has 0 spiro atoms. The number of fused-ring (bicyclic) bond motifs is 1. The summed E-state index contributed by atoms with van der Waals surface area (Å²) in [6, 6.07) is 5.42. The van der Waals surface area contributed by atoms with Gasteiger partial charge in [0, 0.05) is 15.4 Å². The summed E-state index contributed by atoms with van der Waals surface area (Å²) in [4.78, 5) is 12.1. The molecule has 0 saturated heterocycles. The third-order valence-electron chi connectivity index (χ3n) is 3.90. The van der Waals surface area contributed by atoms with E-state index in [2.05, 4.69) is 21.2 Å². The molecule has 0 aliphatic heterocycles. The van der Waals surface area contributed by atoms with Crippen LogP contribution in [0, 0.1) is 17.8 Å². The lowest BCUT2D eigenvalue weighted by Crippen LogP contribution is -2.16. The highest BCUT2D eigenvalue weighted by atomic mass is 79.9. The average Bonchev–Trinajstić information content (AvgIpc) is 2.77. The Balaban J connectivity index is 1.69. The molecule has 2 atom stereocenters. The van der Waals surface area contributed by atoms with Gasteiger partial charge in [0.2, 0.25) is 5.91 Å². The van der Waals surface area contributed by atoms with Crippen molar-refractivity contribution in [2.24, 2.45) is 17.8 Å². The molecule has 1 N–H and O–H groups in total. The van der Waals surface area contributed by atoms with Crippen molar-refractivity contribution in [2.45, 2.75) is 19.3 Å². The van der Waals surface area contributed by atoms with E-state index in [1.165, 1.54) is 19.3 Å². The van der Waals surface area contributed by atoms with E-state index in [-0.39, 0.29) is 11.8 Å². The molecule has 90 valence electrons. The molecule has 0 heterocycles. The lowest BCUT2D eigenvalue weighted by Gasteiger charge is -2.08. The highest BCUT2D eigenvalue weighted by molar-refractivity contribution is 9.10. The van der Waals surface area contributed by atoms with Crippen LogP contribution in [0.1, 0.15) is 19.3 Å². The van der Waals surface area contributed by atoms with Gasteiger partial charge < -0.3 is 5.32 Å². The lowest BCUT2D eigenvalue weighted by molar-refractivity contribution is -0.118. The molecular formula is C13H13BrClNO. The minimum atomic E-state index is 0.169. The Kier molecular flexibility index (Phi) is 2.91. The van der Waals surface area contributed by atoms with E-state index in [1.807, 2.05) is 6.07 Å². The Morgan fingerprint density at radius 3 is 2.71 bits per heavy atom. The van der Waals surface area contributed by atoms with Gasteiger partial charge in [0.05, 0.1) is 5.69 Å². The molecule has 0 radical (unpaired) electrons. The average molecular weight is 315 g/mol. The number of halogens is 2. The van der Waals surface area contributed by atoms with Gasteiger partial charge in [0.1, 0.15) is 0 Å². The fourth-order valence-electron chi connectivity index (χ4n) is 3.02. The normalized spacial score (nSPS) is 29.9. The Morgan fingerprint density at radius 1 is 1.35 bits per heavy atom. The third kappa shape index (κ3) is 2.11. The second kappa shape index (κ2) is 4.29. The van der Waals surface area contributed by atoms with Gasteiger partial charge in [-0.1, -0.05) is 18.0 Å². The molecule has 3 rings (SSSR count). The Hall–Kier alpha value is -0.540. The molecule has 2 nitrogen and oxygen atoms in total. The second-order valence-corrected chi connectivity index (χ2v) is 6.19. The molecule has 2 aliphatic carbocycles. The van der Waals surface area contributed by atoms with Crippen LogP contribution in [0.2, 0.25) is 5.02 Å². The molecule has 1 amide bonds. The molecule has 2 saturated carbocycles. The quantitative estimate of drug-likeness (QED) is 0.875. The van der Waals surface area contributed by atoms with Gasteiger partial charge in [-0.3, -0.25) is 4.79 Å². The number of benzene rings is 1. The number of rotatable bonds is 2. The van der Waals surface area contributed by atoms with E-state index in [4.69, 9.17) is 11.6 Å². The Labute approximate surface area is 114 Å². The van der Waals surface area contributed by atoms with E-state index in [0.717, 1.165) is 10.2 Å². The first-order chi connectivity index (χ1) is 8.16. The minimum absolute atomic E-state index is 0.169. The first-order valence-electron chi connectivity index (χ1n) is 5.93. The van der Waals surface area contributed by atoms with Gasteiger partial charge >= 0.3 is 0 Å². The SMILES string of the molecule is O=C(Nc1ccc(Cl)cc1Br)C1C2CCCC21. The van der Waals surface area contributed by atoms with Gasteiger partial charge in [0.15, 0.2) is 0 Å². The fourth-order valence-corrected chi connectivity index (χ4v) is 3.80. The largest absolute Gasteiger partial charge is 0.325 e. The zero-order chi connectivity index (χ0) is 12.0. The van der Waals surface area contributed by atoms with Crippen LogP contribution >= 0.6 is 27.5 Å². The maximum atomic E-state index is 12.1. The lowest BCUT2D eigenvalue weighted by atomic mass is 10.1. The number of nitrogens with one attached hydrogen (secondary N) is 1. The van der Waals surface area contributed by atoms with Crippen molar-refractivity contribution in [2.75, 3.05) is 5.32 Å². The number of amides is 1. The van der Waals surface area contributed by atoms with E-state index >= 15 is 0 Å². The minimum Gasteiger partial charge on any atom is -0.325 e. The number of hydrogen-bond acceptors (Lipinski definition) is 1. The number of carbonyl (C=O) groups excluding carboxylic acids is 1. The molecular weight excluding hydrogens is 302 g/mol. The van der Waals surface area contributed by atoms with Crippen molar-refractivity contribution in [3.8, 4) is 0 Å². The number of carbonyl (C=O) groups is 1. The molecule has 0 bridgehead atoms. The maximum absolute atomic E-state index is 12.1. The van der Waals surface area contributed by atoms with Gasteiger partial charge in [-0.2, -0.15) is 0 Å². The van der Waals surface area contributed by atoms with Gasteiger partial charge in [-0.05, 0) is 58.8 Å². The Morgan fingerprint density at radius 2 is 2.06 bits per heavy atom. The van der Waals surface area contributed by atoms with Crippen LogP contribution in [0.15, 0.2) is 22.7 Å². The summed E-state index contributed by atoms with van der Waals surface area (Å²) in [5, 5.41) is 3.65. The van der Waals surface area contributed by atoms with E-state index in [0.29, 0.717) is 16.9 Å². The summed E-state index contributed by atoms with van der Waals surface area (Å²) < 4.78 is 0.837. The number of hydrogen-bond donors (Lipinski definition) is 1. The van der Waals surface area contributed by atoms with E-state index in [1.54, 1.807) is 12.1 Å². The number of anilines is 1. The summed E-state index contributed by atoms with van der Waals surface area (Å²) in [5.41, 5.74) is 0.810. The van der Waals surface area contributed by atoms with Gasteiger partial charge in [0.25, 0.3) is 0 Å². The predicted octanol–water partition coefficient (Wildman–Crippen LogP) is 4.09. The zero-order valence-electron chi connectivity index (χ0n) is 9.25. The topological polar surface area (TPSA) is 29.1 Å².